The molecule has 1 heterocycles. The van der Waals surface area contributed by atoms with Crippen molar-refractivity contribution in [3.8, 4) is 0 Å². The molecule has 106 valence electrons. The molecule has 6 heteroatoms. The number of carbonyl (C=O) groups is 1. The molecule has 0 aromatic carbocycles. The van der Waals surface area contributed by atoms with Crippen molar-refractivity contribution in [2.45, 2.75) is 56.3 Å². The van der Waals surface area contributed by atoms with E-state index in [1.807, 2.05) is 27.7 Å². The lowest BCUT2D eigenvalue weighted by atomic mass is 10.2. The van der Waals surface area contributed by atoms with Crippen molar-refractivity contribution in [2.24, 2.45) is 0 Å². The summed E-state index contributed by atoms with van der Waals surface area (Å²) in [5.41, 5.74) is 0. The fourth-order valence-corrected chi connectivity index (χ4v) is 3.93. The van der Waals surface area contributed by atoms with E-state index in [9.17, 15) is 4.79 Å². The van der Waals surface area contributed by atoms with Gasteiger partial charge < -0.3 is 4.90 Å². The topological polar surface area (TPSA) is 23.6 Å². The zero-order valence-corrected chi connectivity index (χ0v) is 13.8. The van der Waals surface area contributed by atoms with Crippen molar-refractivity contribution in [3.05, 3.63) is 0 Å². The van der Waals surface area contributed by atoms with Crippen LogP contribution in [0.3, 0.4) is 0 Å². The van der Waals surface area contributed by atoms with Crippen molar-refractivity contribution in [1.29, 1.82) is 0 Å². The van der Waals surface area contributed by atoms with Crippen LogP contribution in [0.1, 0.15) is 40.5 Å². The van der Waals surface area contributed by atoms with Crippen LogP contribution in [0.5, 0.6) is 0 Å². The van der Waals surface area contributed by atoms with Gasteiger partial charge in [-0.1, -0.05) is 23.2 Å². The van der Waals surface area contributed by atoms with Crippen molar-refractivity contribution in [1.82, 2.24) is 9.21 Å². The minimum atomic E-state index is -1.42. The maximum atomic E-state index is 12.5. The van der Waals surface area contributed by atoms with Gasteiger partial charge in [0.15, 0.2) is 0 Å². The van der Waals surface area contributed by atoms with E-state index in [2.05, 4.69) is 4.31 Å². The van der Waals surface area contributed by atoms with Gasteiger partial charge in [0.2, 0.25) is 0 Å². The Hall–Kier alpha value is 0.360. The number of hydrogen-bond donors (Lipinski definition) is 0. The van der Waals surface area contributed by atoms with Crippen molar-refractivity contribution in [2.75, 3.05) is 13.1 Å². The predicted octanol–water partition coefficient (Wildman–Crippen LogP) is 3.51. The average Bonchev–Trinajstić information content (AvgIpc) is 2.68. The second-order valence-electron chi connectivity index (χ2n) is 5.14. The van der Waals surface area contributed by atoms with E-state index >= 15 is 0 Å². The van der Waals surface area contributed by atoms with Crippen LogP contribution in [0, 0.1) is 0 Å². The van der Waals surface area contributed by atoms with Crippen LogP contribution in [0.2, 0.25) is 0 Å². The fraction of sp³-hybridized carbons (Fsp3) is 0.917. The molecule has 0 atom stereocenters. The Bertz CT molecular complexity index is 284. The minimum absolute atomic E-state index is 0.0913. The smallest absolute Gasteiger partial charge is 0.271 e. The lowest BCUT2D eigenvalue weighted by Gasteiger charge is -2.35. The van der Waals surface area contributed by atoms with Gasteiger partial charge in [-0.05, 0) is 52.5 Å². The maximum Gasteiger partial charge on any atom is 0.271 e. The van der Waals surface area contributed by atoms with Gasteiger partial charge in [0.05, 0.1) is 0 Å². The highest BCUT2D eigenvalue weighted by Gasteiger charge is 2.42. The highest BCUT2D eigenvalue weighted by Crippen LogP contribution is 2.41. The third-order valence-corrected chi connectivity index (χ3v) is 4.67. The highest BCUT2D eigenvalue weighted by atomic mass is 35.5. The van der Waals surface area contributed by atoms with Crippen molar-refractivity contribution < 1.29 is 4.79 Å². The van der Waals surface area contributed by atoms with Crippen LogP contribution >= 0.6 is 35.1 Å². The lowest BCUT2D eigenvalue weighted by molar-refractivity contribution is -0.133. The molecule has 1 rings (SSSR count). The molecule has 0 bridgehead atoms. The molecule has 0 spiro atoms. The molecule has 0 aromatic rings. The van der Waals surface area contributed by atoms with Crippen LogP contribution in [0.4, 0.5) is 0 Å². The van der Waals surface area contributed by atoms with Gasteiger partial charge in [0.25, 0.3) is 9.57 Å². The van der Waals surface area contributed by atoms with Gasteiger partial charge in [-0.3, -0.25) is 4.79 Å². The van der Waals surface area contributed by atoms with Gasteiger partial charge in [-0.15, -0.1) is 0 Å². The number of halogens is 2. The summed E-state index contributed by atoms with van der Waals surface area (Å²) in [6.45, 7) is 9.79. The zero-order chi connectivity index (χ0) is 13.9. The Kier molecular flexibility index (Phi) is 6.10. The van der Waals surface area contributed by atoms with E-state index in [1.165, 1.54) is 11.9 Å². The maximum absolute atomic E-state index is 12.5. The molecular formula is C12H22Cl2N2OS. The third kappa shape index (κ3) is 4.19. The first-order chi connectivity index (χ1) is 8.25. The standard InChI is InChI=1S/C12H22Cl2N2OS/c1-9(2)16(10(3)4)11(17)12(13,14)18-15-7-5-6-8-15/h9-10H,5-8H2,1-4H3. The summed E-state index contributed by atoms with van der Waals surface area (Å²) in [4.78, 5) is 14.2. The van der Waals surface area contributed by atoms with Crippen molar-refractivity contribution >= 4 is 41.1 Å². The van der Waals surface area contributed by atoms with Crippen LogP contribution < -0.4 is 0 Å². The second kappa shape index (κ2) is 6.69. The molecule has 0 saturated carbocycles. The van der Waals surface area contributed by atoms with Crippen LogP contribution in [-0.2, 0) is 4.79 Å². The predicted molar refractivity (Wildman–Crippen MR) is 80.0 cm³/mol. The summed E-state index contributed by atoms with van der Waals surface area (Å²) < 4.78 is 0.662. The van der Waals surface area contributed by atoms with Gasteiger partial charge in [-0.2, -0.15) is 0 Å². The molecule has 0 N–H and O–H groups in total. The summed E-state index contributed by atoms with van der Waals surface area (Å²) in [6, 6.07) is 0.183. The van der Waals surface area contributed by atoms with Gasteiger partial charge >= 0.3 is 0 Å². The molecule has 0 aliphatic carbocycles. The number of alkyl halides is 2. The Morgan fingerprint density at radius 2 is 1.61 bits per heavy atom. The first-order valence-corrected chi connectivity index (χ1v) is 7.93. The molecule has 1 aliphatic heterocycles. The number of rotatable bonds is 5. The molecule has 0 radical (unpaired) electrons. The number of nitrogens with zero attached hydrogens (tertiary/aromatic N) is 2. The molecule has 1 saturated heterocycles. The summed E-state index contributed by atoms with van der Waals surface area (Å²) in [5.74, 6) is -0.215. The molecule has 1 amide bonds. The molecule has 1 aliphatic rings. The van der Waals surface area contributed by atoms with E-state index in [1.54, 1.807) is 4.90 Å². The van der Waals surface area contributed by atoms with E-state index in [-0.39, 0.29) is 18.0 Å². The molecule has 3 nitrogen and oxygen atoms in total. The van der Waals surface area contributed by atoms with Crippen LogP contribution in [-0.4, -0.2) is 44.0 Å². The Labute approximate surface area is 124 Å². The van der Waals surface area contributed by atoms with E-state index < -0.39 is 3.67 Å². The summed E-state index contributed by atoms with van der Waals surface area (Å²) in [6.07, 6.45) is 2.28. The van der Waals surface area contributed by atoms with E-state index in [0.717, 1.165) is 25.9 Å². The number of hydrogen-bond acceptors (Lipinski definition) is 3. The molecule has 18 heavy (non-hydrogen) atoms. The Balaban J connectivity index is 2.71. The summed E-state index contributed by atoms with van der Waals surface area (Å²) >= 11 is 13.7. The SMILES string of the molecule is CC(C)N(C(=O)C(Cl)(Cl)SN1CCCC1)C(C)C. The minimum Gasteiger partial charge on any atom is -0.334 e. The first-order valence-electron chi connectivity index (χ1n) is 6.40. The molecule has 0 unspecified atom stereocenters. The van der Waals surface area contributed by atoms with Gasteiger partial charge in [0.1, 0.15) is 0 Å². The zero-order valence-electron chi connectivity index (χ0n) is 11.4. The van der Waals surface area contributed by atoms with E-state index in [0.29, 0.717) is 0 Å². The monoisotopic (exact) mass is 312 g/mol. The summed E-state index contributed by atoms with van der Waals surface area (Å²) in [7, 11) is 0. The Morgan fingerprint density at radius 3 is 2.00 bits per heavy atom. The lowest BCUT2D eigenvalue weighted by Crippen LogP contribution is -2.49. The Morgan fingerprint density at radius 1 is 1.17 bits per heavy atom. The fourth-order valence-electron chi connectivity index (χ4n) is 2.20. The van der Waals surface area contributed by atoms with Crippen LogP contribution in [0.25, 0.3) is 0 Å². The van der Waals surface area contributed by atoms with Crippen LogP contribution in [0.15, 0.2) is 0 Å². The molecule has 1 fully saturated rings. The average molecular weight is 313 g/mol. The van der Waals surface area contributed by atoms with E-state index in [4.69, 9.17) is 23.2 Å². The van der Waals surface area contributed by atoms with Gasteiger partial charge in [0, 0.05) is 25.2 Å². The highest BCUT2D eigenvalue weighted by molar-refractivity contribution is 8.02. The van der Waals surface area contributed by atoms with Gasteiger partial charge in [-0.25, -0.2) is 4.31 Å². The summed E-state index contributed by atoms with van der Waals surface area (Å²) in [5, 5.41) is 0. The molecule has 0 aromatic heterocycles. The second-order valence-corrected chi connectivity index (χ2v) is 8.23. The third-order valence-electron chi connectivity index (χ3n) is 2.90. The largest absolute Gasteiger partial charge is 0.334 e. The number of amides is 1. The van der Waals surface area contributed by atoms with Crippen molar-refractivity contribution in [3.63, 3.8) is 0 Å². The normalized spacial score (nSPS) is 17.8. The quantitative estimate of drug-likeness (QED) is 0.573. The first kappa shape index (κ1) is 16.4. The number of carbonyl (C=O) groups excluding carboxylic acids is 1. The molecular weight excluding hydrogens is 291 g/mol.